The number of amides is 1. The highest BCUT2D eigenvalue weighted by Gasteiger charge is 2.34. The summed E-state index contributed by atoms with van der Waals surface area (Å²) in [4.78, 5) is 33.1. The number of Topliss-reactive ketones (excluding diaryl/α,β-unsaturated/α-hetero) is 1. The maximum absolute atomic E-state index is 13.6. The van der Waals surface area contributed by atoms with Gasteiger partial charge in [0, 0.05) is 24.4 Å². The zero-order chi connectivity index (χ0) is 33.4. The molecular weight excluding hydrogens is 606 g/mol. The molecule has 12 nitrogen and oxygen atoms in total. The van der Waals surface area contributed by atoms with Crippen LogP contribution in [0, 0.1) is 6.92 Å². The Hall–Kier alpha value is -4.88. The number of amidine groups is 1. The fourth-order valence-corrected chi connectivity index (χ4v) is 5.85. The summed E-state index contributed by atoms with van der Waals surface area (Å²) in [5.41, 5.74) is 10.8. The third kappa shape index (κ3) is 6.85. The van der Waals surface area contributed by atoms with Crippen molar-refractivity contribution in [2.45, 2.75) is 39.2 Å². The number of aliphatic imine (C=N–C) groups is 1. The number of rotatable bonds is 9. The lowest BCUT2D eigenvalue weighted by Gasteiger charge is -2.24. The predicted octanol–water partition coefficient (Wildman–Crippen LogP) is 4.19. The Morgan fingerprint density at radius 1 is 1.02 bits per heavy atom. The Morgan fingerprint density at radius 2 is 1.72 bits per heavy atom. The number of benzene rings is 3. The second kappa shape index (κ2) is 12.5. The zero-order valence-electron chi connectivity index (χ0n) is 26.9. The zero-order valence-corrected chi connectivity index (χ0v) is 27.7. The quantitative estimate of drug-likeness (QED) is 0.252. The molecule has 0 bridgehead atoms. The van der Waals surface area contributed by atoms with E-state index in [-0.39, 0.29) is 28.7 Å². The summed E-state index contributed by atoms with van der Waals surface area (Å²) in [6.07, 6.45) is 2.94. The first kappa shape index (κ1) is 32.5. The van der Waals surface area contributed by atoms with Crippen LogP contribution in [-0.4, -0.2) is 63.8 Å². The average molecular weight is 646 g/mol. The highest BCUT2D eigenvalue weighted by atomic mass is 32.2. The van der Waals surface area contributed by atoms with Crippen molar-refractivity contribution in [1.29, 1.82) is 0 Å². The molecule has 4 N–H and O–H groups in total. The number of hydrogen-bond acceptors (Lipinski definition) is 10. The van der Waals surface area contributed by atoms with Gasteiger partial charge in [-0.2, -0.15) is 0 Å². The van der Waals surface area contributed by atoms with Gasteiger partial charge in [-0.1, -0.05) is 57.2 Å². The molecule has 13 heteroatoms. The number of nitrogens with one attached hydrogen (secondary N) is 4. The van der Waals surface area contributed by atoms with E-state index in [0.29, 0.717) is 29.2 Å². The molecule has 5 rings (SSSR count). The van der Waals surface area contributed by atoms with Gasteiger partial charge >= 0.3 is 0 Å². The topological polar surface area (TPSA) is 144 Å². The molecule has 1 amide bonds. The van der Waals surface area contributed by atoms with Gasteiger partial charge in [0.2, 0.25) is 15.8 Å². The van der Waals surface area contributed by atoms with Crippen LogP contribution in [0.25, 0.3) is 0 Å². The first-order chi connectivity index (χ1) is 21.7. The molecule has 0 aliphatic carbocycles. The molecule has 0 spiro atoms. The summed E-state index contributed by atoms with van der Waals surface area (Å²) < 4.78 is 32.3. The van der Waals surface area contributed by atoms with E-state index in [1.54, 1.807) is 41.4 Å². The van der Waals surface area contributed by atoms with Gasteiger partial charge in [0.25, 0.3) is 5.91 Å². The van der Waals surface area contributed by atoms with Crippen LogP contribution in [0.1, 0.15) is 52.6 Å². The number of sulfonamides is 1. The monoisotopic (exact) mass is 645 g/mol. The lowest BCUT2D eigenvalue weighted by molar-refractivity contribution is 0.102. The normalized spacial score (nSPS) is 16.5. The van der Waals surface area contributed by atoms with Crippen molar-refractivity contribution in [3.63, 3.8) is 0 Å². The number of nitrogens with zero attached hydrogens (tertiary/aromatic N) is 3. The molecule has 2 aliphatic rings. The second-order valence-electron chi connectivity index (χ2n) is 12.4. The third-order valence-corrected chi connectivity index (χ3v) is 8.43. The number of ketones is 1. The molecule has 46 heavy (non-hydrogen) atoms. The number of ether oxygens (including phenoxy) is 1. The Bertz CT molecular complexity index is 1850. The van der Waals surface area contributed by atoms with Gasteiger partial charge in [-0.05, 0) is 47.7 Å². The van der Waals surface area contributed by atoms with Crippen LogP contribution in [0.4, 0.5) is 17.1 Å². The van der Waals surface area contributed by atoms with E-state index in [9.17, 15) is 18.0 Å². The van der Waals surface area contributed by atoms with Gasteiger partial charge in [0.1, 0.15) is 0 Å². The van der Waals surface area contributed by atoms with Gasteiger partial charge in [-0.3, -0.25) is 24.3 Å². The van der Waals surface area contributed by atoms with E-state index in [1.165, 1.54) is 7.11 Å². The van der Waals surface area contributed by atoms with Crippen molar-refractivity contribution in [3.8, 4) is 5.75 Å². The summed E-state index contributed by atoms with van der Waals surface area (Å²) in [5.74, 6) is 0.0610. The first-order valence-electron chi connectivity index (χ1n) is 14.7. The van der Waals surface area contributed by atoms with Crippen molar-refractivity contribution in [1.82, 2.24) is 15.9 Å². The van der Waals surface area contributed by atoms with Gasteiger partial charge in [0.15, 0.2) is 11.6 Å². The SMILES string of the molecule is COc1c(NC(=O)c2ccc(C)c(N3C=C(C4CN=C(C(=O)c5ccccc5)N4C)NN3)c2)cc(C(C)(C)C)cc1NS(C)(=O)=O. The Kier molecular flexibility index (Phi) is 8.83. The fraction of sp³-hybridized carbons (Fsp3) is 0.303. The fourth-order valence-electron chi connectivity index (χ4n) is 5.29. The molecular formula is C33H39N7O5S. The largest absolute Gasteiger partial charge is 0.492 e. The molecule has 1 unspecified atom stereocenters. The smallest absolute Gasteiger partial charge is 0.255 e. The number of anilines is 3. The third-order valence-electron chi connectivity index (χ3n) is 7.84. The Morgan fingerprint density at radius 3 is 2.37 bits per heavy atom. The van der Waals surface area contributed by atoms with Crippen molar-refractivity contribution >= 4 is 44.6 Å². The first-order valence-corrected chi connectivity index (χ1v) is 16.6. The maximum Gasteiger partial charge on any atom is 0.255 e. The number of carbonyl (C=O) groups is 2. The molecule has 1 atom stereocenters. The van der Waals surface area contributed by atoms with Crippen LogP contribution < -0.4 is 30.7 Å². The molecule has 2 aliphatic heterocycles. The molecule has 2 heterocycles. The highest BCUT2D eigenvalue weighted by Crippen LogP contribution is 2.39. The van der Waals surface area contributed by atoms with Crippen molar-refractivity contribution < 1.29 is 22.7 Å². The lowest BCUT2D eigenvalue weighted by atomic mass is 9.86. The molecule has 3 aromatic rings. The number of likely N-dealkylation sites (N-methyl/N-ethyl adjacent to an activating group) is 1. The molecule has 0 fully saturated rings. The molecule has 0 saturated heterocycles. The maximum atomic E-state index is 13.6. The average Bonchev–Trinajstić information content (AvgIpc) is 3.62. The Labute approximate surface area is 269 Å². The summed E-state index contributed by atoms with van der Waals surface area (Å²) in [7, 11) is -0.352. The van der Waals surface area contributed by atoms with Crippen LogP contribution in [0.15, 0.2) is 77.6 Å². The van der Waals surface area contributed by atoms with Crippen LogP contribution in [0.2, 0.25) is 0 Å². The standard InChI is InChI=1S/C33H39N7O5S/c1-20-13-14-22(32(42)35-24-16-23(33(2,3)4)17-25(30(24)45-6)37-46(7,43)44)15-27(20)40-19-26(36-38-40)28-18-34-31(39(28)5)29(41)21-11-9-8-10-12-21/h8-17,19,28,36-38H,18H2,1-7H3,(H,35,42). The van der Waals surface area contributed by atoms with E-state index in [0.717, 1.165) is 28.8 Å². The number of methoxy groups -OCH3 is 1. The molecule has 0 radical (unpaired) electrons. The summed E-state index contributed by atoms with van der Waals surface area (Å²) in [6.45, 7) is 8.32. The van der Waals surface area contributed by atoms with Crippen molar-refractivity contribution in [2.75, 3.05) is 42.0 Å². The van der Waals surface area contributed by atoms with Crippen LogP contribution in [0.5, 0.6) is 5.75 Å². The van der Waals surface area contributed by atoms with E-state index in [2.05, 4.69) is 26.0 Å². The summed E-state index contributed by atoms with van der Waals surface area (Å²) in [5, 5.41) is 4.70. The van der Waals surface area contributed by atoms with Gasteiger partial charge in [0.05, 0.1) is 48.7 Å². The highest BCUT2D eigenvalue weighted by molar-refractivity contribution is 7.92. The van der Waals surface area contributed by atoms with Crippen molar-refractivity contribution in [3.05, 3.63) is 94.8 Å². The second-order valence-corrected chi connectivity index (χ2v) is 14.1. The Balaban J connectivity index is 1.38. The van der Waals surface area contributed by atoms with Crippen molar-refractivity contribution in [2.24, 2.45) is 4.99 Å². The minimum atomic E-state index is -3.62. The van der Waals surface area contributed by atoms with Crippen LogP contribution in [-0.2, 0) is 15.4 Å². The number of hydrogen-bond donors (Lipinski definition) is 4. The van der Waals surface area contributed by atoms with Gasteiger partial charge in [-0.25, -0.2) is 8.42 Å². The van der Waals surface area contributed by atoms with E-state index < -0.39 is 15.9 Å². The number of aryl methyl sites for hydroxylation is 1. The molecule has 0 aromatic heterocycles. The van der Waals surface area contributed by atoms with Gasteiger partial charge in [-0.15, -0.1) is 5.53 Å². The summed E-state index contributed by atoms with van der Waals surface area (Å²) in [6, 6.07) is 17.7. The number of carbonyl (C=O) groups excluding carboxylic acids is 2. The number of hydrazine groups is 2. The van der Waals surface area contributed by atoms with E-state index >= 15 is 0 Å². The minimum absolute atomic E-state index is 0.132. The van der Waals surface area contributed by atoms with E-state index in [4.69, 9.17) is 4.74 Å². The lowest BCUT2D eigenvalue weighted by Crippen LogP contribution is -2.43. The molecule has 242 valence electrons. The van der Waals surface area contributed by atoms with Gasteiger partial charge < -0.3 is 20.4 Å². The predicted molar refractivity (Wildman–Crippen MR) is 181 cm³/mol. The van der Waals surface area contributed by atoms with Crippen LogP contribution in [0.3, 0.4) is 0 Å². The molecule has 0 saturated carbocycles. The van der Waals surface area contributed by atoms with E-state index in [1.807, 2.05) is 70.1 Å². The minimum Gasteiger partial charge on any atom is -0.492 e. The summed E-state index contributed by atoms with van der Waals surface area (Å²) >= 11 is 0. The molecule has 3 aromatic carbocycles. The van der Waals surface area contributed by atoms with Crippen LogP contribution >= 0.6 is 0 Å².